The summed E-state index contributed by atoms with van der Waals surface area (Å²) in [4.78, 5) is 0. The minimum absolute atomic E-state index is 0.369. The van der Waals surface area contributed by atoms with Crippen molar-refractivity contribution < 1.29 is 8.94 Å². The molecule has 102 valence electrons. The van der Waals surface area contributed by atoms with Crippen LogP contribution in [0.4, 0.5) is 5.88 Å². The second kappa shape index (κ2) is 5.25. The Kier molecular flexibility index (Phi) is 3.29. The first-order valence-electron chi connectivity index (χ1n) is 6.58. The van der Waals surface area contributed by atoms with Crippen molar-refractivity contribution in [3.8, 4) is 11.1 Å². The maximum absolute atomic E-state index is 5.94. The number of rotatable bonds is 4. The molecule has 20 heavy (non-hydrogen) atoms. The highest BCUT2D eigenvalue weighted by molar-refractivity contribution is 5.77. The fourth-order valence-corrected chi connectivity index (χ4v) is 2.35. The molecule has 2 heterocycles. The van der Waals surface area contributed by atoms with Gasteiger partial charge in [-0.1, -0.05) is 29.4 Å². The van der Waals surface area contributed by atoms with Crippen LogP contribution in [0.1, 0.15) is 17.0 Å². The second-order valence-corrected chi connectivity index (χ2v) is 4.76. The van der Waals surface area contributed by atoms with E-state index in [0.29, 0.717) is 5.88 Å². The van der Waals surface area contributed by atoms with Crippen molar-refractivity contribution in [2.45, 2.75) is 19.8 Å². The molecule has 1 aromatic carbocycles. The Morgan fingerprint density at radius 1 is 1.10 bits per heavy atom. The van der Waals surface area contributed by atoms with E-state index >= 15 is 0 Å². The number of aryl methyl sites for hydroxylation is 3. The molecule has 3 aromatic rings. The van der Waals surface area contributed by atoms with Crippen LogP contribution in [-0.4, -0.2) is 5.16 Å². The van der Waals surface area contributed by atoms with Gasteiger partial charge in [0.1, 0.15) is 5.76 Å². The summed E-state index contributed by atoms with van der Waals surface area (Å²) in [6.45, 7) is 2.05. The second-order valence-electron chi connectivity index (χ2n) is 4.76. The van der Waals surface area contributed by atoms with Gasteiger partial charge in [-0.05, 0) is 30.2 Å². The first-order valence-corrected chi connectivity index (χ1v) is 6.58. The van der Waals surface area contributed by atoms with Crippen LogP contribution < -0.4 is 5.73 Å². The lowest BCUT2D eigenvalue weighted by atomic mass is 9.98. The molecule has 0 saturated carbocycles. The maximum Gasteiger partial charge on any atom is 0.230 e. The molecule has 0 aliphatic carbocycles. The standard InChI is InChI=1S/C16H16N2O2/c1-11-5-2-3-7-13(11)15-14(18-20-16(15)17)9-8-12-6-4-10-19-12/h2-7,10H,8-9,17H2,1H3. The predicted molar refractivity (Wildman–Crippen MR) is 77.2 cm³/mol. The van der Waals surface area contributed by atoms with Gasteiger partial charge in [-0.25, -0.2) is 0 Å². The van der Waals surface area contributed by atoms with Gasteiger partial charge in [0.2, 0.25) is 5.88 Å². The molecular formula is C16H16N2O2. The van der Waals surface area contributed by atoms with Crippen molar-refractivity contribution in [1.29, 1.82) is 0 Å². The average molecular weight is 268 g/mol. The van der Waals surface area contributed by atoms with Crippen molar-refractivity contribution in [3.63, 3.8) is 0 Å². The zero-order valence-corrected chi connectivity index (χ0v) is 11.3. The molecule has 0 amide bonds. The minimum atomic E-state index is 0.369. The van der Waals surface area contributed by atoms with E-state index in [9.17, 15) is 0 Å². The van der Waals surface area contributed by atoms with Crippen molar-refractivity contribution in [2.75, 3.05) is 5.73 Å². The first-order chi connectivity index (χ1) is 9.75. The van der Waals surface area contributed by atoms with Crippen molar-refractivity contribution in [1.82, 2.24) is 5.16 Å². The summed E-state index contributed by atoms with van der Waals surface area (Å²) in [7, 11) is 0. The zero-order valence-electron chi connectivity index (χ0n) is 11.3. The summed E-state index contributed by atoms with van der Waals surface area (Å²) in [6.07, 6.45) is 3.19. The Bertz CT molecular complexity index is 699. The van der Waals surface area contributed by atoms with Crippen LogP contribution in [0.3, 0.4) is 0 Å². The van der Waals surface area contributed by atoms with Gasteiger partial charge >= 0.3 is 0 Å². The molecule has 0 radical (unpaired) electrons. The summed E-state index contributed by atoms with van der Waals surface area (Å²) in [5.74, 6) is 1.30. The largest absolute Gasteiger partial charge is 0.469 e. The molecule has 3 rings (SSSR count). The van der Waals surface area contributed by atoms with Gasteiger partial charge in [0.15, 0.2) is 0 Å². The Labute approximate surface area is 117 Å². The Balaban J connectivity index is 1.92. The van der Waals surface area contributed by atoms with Crippen LogP contribution in [-0.2, 0) is 12.8 Å². The zero-order chi connectivity index (χ0) is 13.9. The SMILES string of the molecule is Cc1ccccc1-c1c(CCc2ccco2)noc1N. The maximum atomic E-state index is 5.94. The molecule has 4 heteroatoms. The highest BCUT2D eigenvalue weighted by atomic mass is 16.5. The predicted octanol–water partition coefficient (Wildman–Crippen LogP) is 3.61. The number of benzene rings is 1. The van der Waals surface area contributed by atoms with Gasteiger partial charge in [0, 0.05) is 12.8 Å². The van der Waals surface area contributed by atoms with Gasteiger partial charge in [-0.2, -0.15) is 0 Å². The number of furan rings is 1. The highest BCUT2D eigenvalue weighted by Crippen LogP contribution is 2.32. The lowest BCUT2D eigenvalue weighted by Crippen LogP contribution is -1.95. The third-order valence-electron chi connectivity index (χ3n) is 3.39. The molecule has 0 spiro atoms. The van der Waals surface area contributed by atoms with Crippen LogP contribution >= 0.6 is 0 Å². The van der Waals surface area contributed by atoms with E-state index in [1.807, 2.05) is 30.3 Å². The minimum Gasteiger partial charge on any atom is -0.469 e. The van der Waals surface area contributed by atoms with E-state index in [0.717, 1.165) is 41.0 Å². The molecule has 0 fully saturated rings. The molecule has 0 atom stereocenters. The van der Waals surface area contributed by atoms with E-state index in [2.05, 4.69) is 18.1 Å². The van der Waals surface area contributed by atoms with Crippen molar-refractivity contribution in [2.24, 2.45) is 0 Å². The van der Waals surface area contributed by atoms with Crippen LogP contribution in [0.15, 0.2) is 51.6 Å². The van der Waals surface area contributed by atoms with Gasteiger partial charge in [-0.15, -0.1) is 0 Å². The summed E-state index contributed by atoms with van der Waals surface area (Å²) < 4.78 is 10.5. The lowest BCUT2D eigenvalue weighted by Gasteiger charge is -2.05. The quantitative estimate of drug-likeness (QED) is 0.785. The number of anilines is 1. The third kappa shape index (κ3) is 2.32. The van der Waals surface area contributed by atoms with Gasteiger partial charge in [0.05, 0.1) is 17.5 Å². The normalized spacial score (nSPS) is 10.8. The molecular weight excluding hydrogens is 252 g/mol. The Morgan fingerprint density at radius 3 is 2.70 bits per heavy atom. The summed E-state index contributed by atoms with van der Waals surface area (Å²) in [5, 5.41) is 4.09. The molecule has 4 nitrogen and oxygen atoms in total. The summed E-state index contributed by atoms with van der Waals surface area (Å²) >= 11 is 0. The van der Waals surface area contributed by atoms with Crippen LogP contribution in [0.5, 0.6) is 0 Å². The van der Waals surface area contributed by atoms with E-state index in [1.165, 1.54) is 0 Å². The summed E-state index contributed by atoms with van der Waals surface area (Å²) in [5.41, 5.74) is 9.93. The molecule has 0 aliphatic heterocycles. The fourth-order valence-electron chi connectivity index (χ4n) is 2.35. The van der Waals surface area contributed by atoms with Gasteiger partial charge in [-0.3, -0.25) is 0 Å². The molecule has 2 N–H and O–H groups in total. The van der Waals surface area contributed by atoms with Gasteiger partial charge in [0.25, 0.3) is 0 Å². The average Bonchev–Trinajstić information content (AvgIpc) is 3.07. The topological polar surface area (TPSA) is 65.2 Å². The smallest absolute Gasteiger partial charge is 0.230 e. The first kappa shape index (κ1) is 12.5. The molecule has 0 saturated heterocycles. The van der Waals surface area contributed by atoms with Crippen LogP contribution in [0.2, 0.25) is 0 Å². The Morgan fingerprint density at radius 2 is 1.95 bits per heavy atom. The van der Waals surface area contributed by atoms with E-state index in [4.69, 9.17) is 14.7 Å². The van der Waals surface area contributed by atoms with E-state index < -0.39 is 0 Å². The fraction of sp³-hybridized carbons (Fsp3) is 0.188. The van der Waals surface area contributed by atoms with Gasteiger partial charge < -0.3 is 14.7 Å². The number of nitrogens with two attached hydrogens (primary N) is 1. The van der Waals surface area contributed by atoms with Crippen molar-refractivity contribution >= 4 is 5.88 Å². The third-order valence-corrected chi connectivity index (χ3v) is 3.39. The number of nitrogen functional groups attached to an aromatic ring is 1. The van der Waals surface area contributed by atoms with Crippen LogP contribution in [0, 0.1) is 6.92 Å². The van der Waals surface area contributed by atoms with Crippen LogP contribution in [0.25, 0.3) is 11.1 Å². The monoisotopic (exact) mass is 268 g/mol. The molecule has 0 bridgehead atoms. The number of aromatic nitrogens is 1. The number of nitrogens with zero attached hydrogens (tertiary/aromatic N) is 1. The molecule has 0 unspecified atom stereocenters. The Hall–Kier alpha value is -2.49. The lowest BCUT2D eigenvalue weighted by molar-refractivity contribution is 0.425. The highest BCUT2D eigenvalue weighted by Gasteiger charge is 2.17. The van der Waals surface area contributed by atoms with E-state index in [1.54, 1.807) is 6.26 Å². The molecule has 2 aromatic heterocycles. The number of hydrogen-bond acceptors (Lipinski definition) is 4. The number of hydrogen-bond donors (Lipinski definition) is 1. The van der Waals surface area contributed by atoms with E-state index in [-0.39, 0.29) is 0 Å². The van der Waals surface area contributed by atoms with Crippen molar-refractivity contribution in [3.05, 3.63) is 59.7 Å². The molecule has 0 aliphatic rings. The summed E-state index contributed by atoms with van der Waals surface area (Å²) in [6, 6.07) is 11.9.